The first kappa shape index (κ1) is 33.4. The van der Waals surface area contributed by atoms with E-state index < -0.39 is 12.1 Å². The van der Waals surface area contributed by atoms with Crippen molar-refractivity contribution in [3.05, 3.63) is 69.9 Å². The molecule has 0 unspecified atom stereocenters. The van der Waals surface area contributed by atoms with Gasteiger partial charge in [0.2, 0.25) is 29.1 Å². The molecule has 3 aliphatic rings. The standard InChI is InChI=1S/C36H40N4O9/c1-21(41)38-25-11-9-22-17-30(45-2)34(46-3)35(47-4)33(22)23-10-12-26(27(42)18-24(23)25)37-19-32(43)39-13-15-40(16-14-39)36(44)31-20-48-28-7-5-6-8-29(28)49-31/h5-8,10,12,17-18,25,31H,9,11,13-16,19-20H2,1-4H3,(H,37,42)(H,38,41)/t25-,31-/m1/s1. The Morgan fingerprint density at radius 3 is 2.31 bits per heavy atom. The van der Waals surface area contributed by atoms with Crippen molar-refractivity contribution in [2.24, 2.45) is 0 Å². The highest BCUT2D eigenvalue weighted by Gasteiger charge is 2.34. The molecule has 13 heteroatoms. The van der Waals surface area contributed by atoms with Gasteiger partial charge in [0.1, 0.15) is 6.61 Å². The molecule has 0 aromatic heterocycles. The summed E-state index contributed by atoms with van der Waals surface area (Å²) >= 11 is 0. The lowest BCUT2D eigenvalue weighted by molar-refractivity contribution is -0.145. The summed E-state index contributed by atoms with van der Waals surface area (Å²) in [4.78, 5) is 55.6. The first-order chi connectivity index (χ1) is 23.7. The molecule has 3 aromatic rings. The Bertz CT molecular complexity index is 1820. The van der Waals surface area contributed by atoms with Crippen molar-refractivity contribution < 1.29 is 38.1 Å². The number of methoxy groups -OCH3 is 3. The number of para-hydroxylation sites is 2. The zero-order valence-electron chi connectivity index (χ0n) is 28.0. The summed E-state index contributed by atoms with van der Waals surface area (Å²) in [7, 11) is 4.63. The molecule has 0 bridgehead atoms. The number of fused-ring (bicyclic) bond motifs is 4. The van der Waals surface area contributed by atoms with E-state index in [4.69, 9.17) is 23.7 Å². The van der Waals surface area contributed by atoms with Gasteiger partial charge in [0, 0.05) is 38.7 Å². The Labute approximate surface area is 284 Å². The zero-order valence-corrected chi connectivity index (χ0v) is 28.0. The van der Waals surface area contributed by atoms with Crippen LogP contribution in [0.1, 0.15) is 30.5 Å². The van der Waals surface area contributed by atoms with Crippen molar-refractivity contribution in [2.45, 2.75) is 31.9 Å². The average Bonchev–Trinajstić information content (AvgIpc) is 3.36. The number of nitrogens with zero attached hydrogens (tertiary/aromatic N) is 2. The summed E-state index contributed by atoms with van der Waals surface area (Å²) in [5, 5.41) is 6.02. The Morgan fingerprint density at radius 2 is 1.61 bits per heavy atom. The molecule has 0 spiro atoms. The van der Waals surface area contributed by atoms with Crippen molar-refractivity contribution in [3.63, 3.8) is 0 Å². The van der Waals surface area contributed by atoms with E-state index in [9.17, 15) is 19.2 Å². The van der Waals surface area contributed by atoms with Crippen LogP contribution in [0, 0.1) is 0 Å². The molecule has 3 amide bonds. The van der Waals surface area contributed by atoms with Gasteiger partial charge >= 0.3 is 0 Å². The number of rotatable bonds is 8. The molecular formula is C36H40N4O9. The fourth-order valence-electron chi connectivity index (χ4n) is 6.66. The smallest absolute Gasteiger partial charge is 0.267 e. The molecule has 0 radical (unpaired) electrons. The number of anilines is 1. The summed E-state index contributed by atoms with van der Waals surface area (Å²) < 4.78 is 28.7. The van der Waals surface area contributed by atoms with Crippen LogP contribution in [0.4, 0.5) is 5.69 Å². The van der Waals surface area contributed by atoms with Crippen molar-refractivity contribution in [1.82, 2.24) is 15.1 Å². The predicted octanol–water partition coefficient (Wildman–Crippen LogP) is 2.79. The molecule has 2 N–H and O–H groups in total. The number of benzene rings is 2. The lowest BCUT2D eigenvalue weighted by Gasteiger charge is -2.37. The third-order valence-corrected chi connectivity index (χ3v) is 9.07. The highest BCUT2D eigenvalue weighted by Crippen LogP contribution is 2.50. The Kier molecular flexibility index (Phi) is 9.79. The molecular weight excluding hydrogens is 632 g/mol. The lowest BCUT2D eigenvalue weighted by Crippen LogP contribution is -2.55. The van der Waals surface area contributed by atoms with Crippen LogP contribution in [-0.2, 0) is 20.8 Å². The fourth-order valence-corrected chi connectivity index (χ4v) is 6.66. The van der Waals surface area contributed by atoms with Gasteiger partial charge < -0.3 is 44.1 Å². The molecule has 3 aromatic carbocycles. The predicted molar refractivity (Wildman–Crippen MR) is 181 cm³/mol. The molecule has 2 heterocycles. The summed E-state index contributed by atoms with van der Waals surface area (Å²) in [5.41, 5.74) is 2.86. The van der Waals surface area contributed by atoms with Crippen LogP contribution >= 0.6 is 0 Å². The van der Waals surface area contributed by atoms with Crippen molar-refractivity contribution >= 4 is 23.4 Å². The van der Waals surface area contributed by atoms with Crippen LogP contribution in [0.15, 0.2) is 53.3 Å². The monoisotopic (exact) mass is 672 g/mol. The summed E-state index contributed by atoms with van der Waals surface area (Å²) in [5.74, 6) is 1.91. The van der Waals surface area contributed by atoms with Gasteiger partial charge in [-0.1, -0.05) is 18.2 Å². The minimum atomic E-state index is -0.747. The number of carbonyl (C=O) groups is 3. The van der Waals surface area contributed by atoms with E-state index in [1.165, 1.54) is 20.1 Å². The summed E-state index contributed by atoms with van der Waals surface area (Å²) in [6, 6.07) is 13.6. The molecule has 2 aliphatic heterocycles. The molecule has 0 saturated carbocycles. The van der Waals surface area contributed by atoms with E-state index in [2.05, 4.69) is 10.6 Å². The van der Waals surface area contributed by atoms with Crippen LogP contribution in [-0.4, -0.2) is 94.3 Å². The van der Waals surface area contributed by atoms with Crippen LogP contribution in [0.3, 0.4) is 0 Å². The molecule has 2 atom stereocenters. The van der Waals surface area contributed by atoms with E-state index in [-0.39, 0.29) is 42.0 Å². The third-order valence-electron chi connectivity index (χ3n) is 9.07. The lowest BCUT2D eigenvalue weighted by atomic mass is 9.95. The summed E-state index contributed by atoms with van der Waals surface area (Å²) in [6.45, 7) is 2.85. The maximum Gasteiger partial charge on any atom is 0.267 e. The van der Waals surface area contributed by atoms with Gasteiger partial charge in [-0.15, -0.1) is 0 Å². The number of aryl methyl sites for hydroxylation is 1. The summed E-state index contributed by atoms with van der Waals surface area (Å²) in [6.07, 6.45) is 0.366. The van der Waals surface area contributed by atoms with Gasteiger partial charge in [-0.25, -0.2) is 0 Å². The number of hydrogen-bond acceptors (Lipinski definition) is 10. The number of amides is 3. The average molecular weight is 673 g/mol. The molecule has 1 aliphatic carbocycles. The van der Waals surface area contributed by atoms with E-state index in [0.29, 0.717) is 78.9 Å². The van der Waals surface area contributed by atoms with Gasteiger partial charge in [-0.05, 0) is 59.9 Å². The van der Waals surface area contributed by atoms with Crippen molar-refractivity contribution in [1.29, 1.82) is 0 Å². The van der Waals surface area contributed by atoms with Gasteiger partial charge in [0.05, 0.1) is 39.6 Å². The van der Waals surface area contributed by atoms with Crippen LogP contribution < -0.4 is 39.7 Å². The Morgan fingerprint density at radius 1 is 0.898 bits per heavy atom. The molecule has 1 saturated heterocycles. The highest BCUT2D eigenvalue weighted by molar-refractivity contribution is 5.85. The number of ether oxygens (including phenoxy) is 5. The van der Waals surface area contributed by atoms with Gasteiger partial charge in [-0.2, -0.15) is 0 Å². The maximum absolute atomic E-state index is 13.6. The first-order valence-corrected chi connectivity index (χ1v) is 16.2. The number of carbonyl (C=O) groups excluding carboxylic acids is 3. The molecule has 1 fully saturated rings. The van der Waals surface area contributed by atoms with E-state index >= 15 is 0 Å². The van der Waals surface area contributed by atoms with Crippen molar-refractivity contribution in [3.8, 4) is 39.9 Å². The first-order valence-electron chi connectivity index (χ1n) is 16.2. The van der Waals surface area contributed by atoms with Gasteiger partial charge in [0.25, 0.3) is 5.91 Å². The van der Waals surface area contributed by atoms with Gasteiger partial charge in [-0.3, -0.25) is 19.2 Å². The minimum Gasteiger partial charge on any atom is -0.493 e. The van der Waals surface area contributed by atoms with Crippen LogP contribution in [0.2, 0.25) is 0 Å². The SMILES string of the molecule is COc1cc2c(c(OC)c1OC)-c1ccc(NCC(=O)N3CCN(C(=O)[C@H]4COc5ccccc5O4)CC3)c(=O)cc1[C@H](NC(C)=O)CC2. The number of nitrogens with one attached hydrogen (secondary N) is 2. The number of hydrogen-bond donors (Lipinski definition) is 2. The van der Waals surface area contributed by atoms with Crippen molar-refractivity contribution in [2.75, 3.05) is 66.0 Å². The van der Waals surface area contributed by atoms with E-state index in [1.54, 1.807) is 48.3 Å². The quantitative estimate of drug-likeness (QED) is 0.367. The normalized spacial score (nSPS) is 17.9. The second kappa shape index (κ2) is 14.3. The highest BCUT2D eigenvalue weighted by atomic mass is 16.6. The second-order valence-corrected chi connectivity index (χ2v) is 12.0. The van der Waals surface area contributed by atoms with Crippen LogP contribution in [0.25, 0.3) is 11.1 Å². The number of piperazine rings is 1. The molecule has 49 heavy (non-hydrogen) atoms. The Hall–Kier alpha value is -5.46. The molecule has 13 nitrogen and oxygen atoms in total. The molecule has 6 rings (SSSR count). The second-order valence-electron chi connectivity index (χ2n) is 12.0. The minimum absolute atomic E-state index is 0.117. The third kappa shape index (κ3) is 6.78. The largest absolute Gasteiger partial charge is 0.493 e. The maximum atomic E-state index is 13.6. The Balaban J connectivity index is 1.18. The zero-order chi connectivity index (χ0) is 34.7. The van der Waals surface area contributed by atoms with E-state index in [0.717, 1.165) is 11.1 Å². The van der Waals surface area contributed by atoms with E-state index in [1.807, 2.05) is 18.2 Å². The molecule has 258 valence electrons. The van der Waals surface area contributed by atoms with Crippen LogP contribution in [0.5, 0.6) is 28.7 Å². The topological polar surface area (TPSA) is 145 Å². The van der Waals surface area contributed by atoms with Gasteiger partial charge in [0.15, 0.2) is 23.0 Å². The fraction of sp³-hybridized carbons (Fsp3) is 0.389.